The summed E-state index contributed by atoms with van der Waals surface area (Å²) < 4.78 is 15.4. The highest BCUT2D eigenvalue weighted by molar-refractivity contribution is 6.30. The van der Waals surface area contributed by atoms with Gasteiger partial charge in [0.15, 0.2) is 5.82 Å². The molecule has 0 aliphatic rings. The van der Waals surface area contributed by atoms with Gasteiger partial charge >= 0.3 is 0 Å². The number of benzene rings is 1. The van der Waals surface area contributed by atoms with Gasteiger partial charge in [0.25, 0.3) is 0 Å². The number of rotatable bonds is 3. The summed E-state index contributed by atoms with van der Waals surface area (Å²) in [7, 11) is 1.84. The molecule has 0 spiro atoms. The van der Waals surface area contributed by atoms with E-state index in [1.165, 1.54) is 10.7 Å². The van der Waals surface area contributed by atoms with E-state index < -0.39 is 5.82 Å². The van der Waals surface area contributed by atoms with Crippen LogP contribution in [0.4, 0.5) is 4.39 Å². The first-order valence-electron chi connectivity index (χ1n) is 5.60. The van der Waals surface area contributed by atoms with Crippen LogP contribution in [-0.4, -0.2) is 22.0 Å². The normalized spacial score (nSPS) is 12.7. The van der Waals surface area contributed by atoms with Gasteiger partial charge in [-0.15, -0.1) is 5.10 Å². The molecule has 0 fully saturated rings. The molecule has 0 aliphatic carbocycles. The van der Waals surface area contributed by atoms with Crippen LogP contribution in [0.1, 0.15) is 24.4 Å². The van der Waals surface area contributed by atoms with E-state index >= 15 is 0 Å². The molecular weight excluding hydrogens is 255 g/mol. The van der Waals surface area contributed by atoms with Gasteiger partial charge in [0.2, 0.25) is 0 Å². The fourth-order valence-electron chi connectivity index (χ4n) is 1.76. The number of nitrogens with zero attached hydrogens (tertiary/aromatic N) is 3. The maximum absolute atomic E-state index is 13.9. The predicted octanol–water partition coefficient (Wildman–Crippen LogP) is 2.65. The maximum atomic E-state index is 13.9. The lowest BCUT2D eigenvalue weighted by Gasteiger charge is -2.09. The molecule has 2 rings (SSSR count). The molecule has 18 heavy (non-hydrogen) atoms. The molecule has 1 N–H and O–H groups in total. The summed E-state index contributed by atoms with van der Waals surface area (Å²) in [5, 5.41) is 11.2. The second kappa shape index (κ2) is 5.04. The quantitative estimate of drug-likeness (QED) is 0.931. The van der Waals surface area contributed by atoms with Crippen molar-refractivity contribution in [2.75, 3.05) is 7.05 Å². The molecular formula is C12H14ClFN4. The first-order valence-corrected chi connectivity index (χ1v) is 5.98. The van der Waals surface area contributed by atoms with Crippen molar-refractivity contribution in [1.29, 1.82) is 0 Å². The summed E-state index contributed by atoms with van der Waals surface area (Å²) in [5.74, 6) is -0.490. The van der Waals surface area contributed by atoms with Gasteiger partial charge in [-0.05, 0) is 33.0 Å². The van der Waals surface area contributed by atoms with Gasteiger partial charge in [0, 0.05) is 0 Å². The first-order chi connectivity index (χ1) is 8.56. The second-order valence-electron chi connectivity index (χ2n) is 4.06. The van der Waals surface area contributed by atoms with E-state index in [0.29, 0.717) is 5.69 Å². The zero-order chi connectivity index (χ0) is 13.3. The summed E-state index contributed by atoms with van der Waals surface area (Å²) in [6.07, 6.45) is 0. The van der Waals surface area contributed by atoms with Crippen molar-refractivity contribution in [2.45, 2.75) is 19.9 Å². The minimum absolute atomic E-state index is 0.0565. The Morgan fingerprint density at radius 1 is 1.44 bits per heavy atom. The highest BCUT2D eigenvalue weighted by Gasteiger charge is 2.17. The van der Waals surface area contributed by atoms with Crippen molar-refractivity contribution >= 4 is 11.6 Å². The third-order valence-electron chi connectivity index (χ3n) is 2.93. The zero-order valence-corrected chi connectivity index (χ0v) is 11.2. The lowest BCUT2D eigenvalue weighted by molar-refractivity contribution is 0.605. The SMILES string of the molecule is CNC(C)c1nnn(-c2cccc(Cl)c2F)c1C. The van der Waals surface area contributed by atoms with E-state index in [0.717, 1.165) is 11.4 Å². The average molecular weight is 269 g/mol. The van der Waals surface area contributed by atoms with Crippen molar-refractivity contribution in [1.82, 2.24) is 20.3 Å². The maximum Gasteiger partial charge on any atom is 0.167 e. The fraction of sp³-hybridized carbons (Fsp3) is 0.333. The summed E-state index contributed by atoms with van der Waals surface area (Å²) in [4.78, 5) is 0. The number of hydrogen-bond acceptors (Lipinski definition) is 3. The lowest BCUT2D eigenvalue weighted by Crippen LogP contribution is -2.14. The van der Waals surface area contributed by atoms with E-state index in [4.69, 9.17) is 11.6 Å². The summed E-state index contributed by atoms with van der Waals surface area (Å²) in [6, 6.07) is 4.87. The molecule has 0 aliphatic heterocycles. The molecule has 0 saturated carbocycles. The van der Waals surface area contributed by atoms with E-state index in [1.54, 1.807) is 12.1 Å². The molecule has 1 unspecified atom stereocenters. The van der Waals surface area contributed by atoms with Crippen LogP contribution >= 0.6 is 11.6 Å². The molecule has 6 heteroatoms. The second-order valence-corrected chi connectivity index (χ2v) is 4.46. The van der Waals surface area contributed by atoms with E-state index in [-0.39, 0.29) is 11.1 Å². The smallest absolute Gasteiger partial charge is 0.167 e. The van der Waals surface area contributed by atoms with Crippen LogP contribution in [0.3, 0.4) is 0 Å². The standard InChI is InChI=1S/C12H14ClFN4/c1-7(15-3)12-8(2)18(17-16-12)10-6-4-5-9(13)11(10)14/h4-7,15H,1-3H3. The van der Waals surface area contributed by atoms with Gasteiger partial charge in [-0.2, -0.15) is 0 Å². The van der Waals surface area contributed by atoms with Crippen molar-refractivity contribution in [3.63, 3.8) is 0 Å². The Kier molecular flexibility index (Phi) is 3.63. The van der Waals surface area contributed by atoms with Crippen LogP contribution < -0.4 is 5.32 Å². The van der Waals surface area contributed by atoms with Crippen molar-refractivity contribution in [3.8, 4) is 5.69 Å². The molecule has 0 bridgehead atoms. The third-order valence-corrected chi connectivity index (χ3v) is 3.22. The predicted molar refractivity (Wildman–Crippen MR) is 68.5 cm³/mol. The number of nitrogens with one attached hydrogen (secondary N) is 1. The average Bonchev–Trinajstić information content (AvgIpc) is 2.74. The number of halogens is 2. The Bertz CT molecular complexity index is 567. The van der Waals surface area contributed by atoms with Crippen LogP contribution in [-0.2, 0) is 0 Å². The van der Waals surface area contributed by atoms with Crippen LogP contribution in [0.15, 0.2) is 18.2 Å². The molecule has 1 aromatic heterocycles. The first kappa shape index (κ1) is 13.0. The zero-order valence-electron chi connectivity index (χ0n) is 10.4. The molecule has 0 amide bonds. The van der Waals surface area contributed by atoms with Gasteiger partial charge in [-0.1, -0.05) is 22.9 Å². The molecule has 4 nitrogen and oxygen atoms in total. The topological polar surface area (TPSA) is 42.7 Å². The van der Waals surface area contributed by atoms with Crippen molar-refractivity contribution < 1.29 is 4.39 Å². The minimum Gasteiger partial charge on any atom is -0.312 e. The monoisotopic (exact) mass is 268 g/mol. The molecule has 1 atom stereocenters. The Labute approximate surface area is 110 Å². The number of aromatic nitrogens is 3. The summed E-state index contributed by atoms with van der Waals surface area (Å²) >= 11 is 5.76. The molecule has 1 aromatic carbocycles. The van der Waals surface area contributed by atoms with Gasteiger partial charge in [0.1, 0.15) is 11.4 Å². The molecule has 0 radical (unpaired) electrons. The van der Waals surface area contributed by atoms with Gasteiger partial charge in [-0.25, -0.2) is 9.07 Å². The van der Waals surface area contributed by atoms with Gasteiger partial charge in [0.05, 0.1) is 16.8 Å². The molecule has 0 saturated heterocycles. The Morgan fingerprint density at radius 3 is 2.83 bits per heavy atom. The van der Waals surface area contributed by atoms with Crippen LogP contribution in [0.25, 0.3) is 5.69 Å². The minimum atomic E-state index is -0.490. The molecule has 1 heterocycles. The molecule has 96 valence electrons. The third kappa shape index (κ3) is 2.11. The highest BCUT2D eigenvalue weighted by atomic mass is 35.5. The van der Waals surface area contributed by atoms with Gasteiger partial charge in [-0.3, -0.25) is 0 Å². The van der Waals surface area contributed by atoms with Crippen LogP contribution in [0.5, 0.6) is 0 Å². The Hall–Kier alpha value is -1.46. The lowest BCUT2D eigenvalue weighted by atomic mass is 10.2. The summed E-state index contributed by atoms with van der Waals surface area (Å²) in [5.41, 5.74) is 1.89. The molecule has 2 aromatic rings. The van der Waals surface area contributed by atoms with Crippen molar-refractivity contribution in [2.24, 2.45) is 0 Å². The Balaban J connectivity index is 2.52. The van der Waals surface area contributed by atoms with Gasteiger partial charge < -0.3 is 5.32 Å². The highest BCUT2D eigenvalue weighted by Crippen LogP contribution is 2.23. The fourth-order valence-corrected chi connectivity index (χ4v) is 1.93. The van der Waals surface area contributed by atoms with Crippen molar-refractivity contribution in [3.05, 3.63) is 40.4 Å². The Morgan fingerprint density at radius 2 is 2.17 bits per heavy atom. The van der Waals surface area contributed by atoms with E-state index in [9.17, 15) is 4.39 Å². The van der Waals surface area contributed by atoms with E-state index in [2.05, 4.69) is 15.6 Å². The summed E-state index contributed by atoms with van der Waals surface area (Å²) in [6.45, 7) is 3.82. The van der Waals surface area contributed by atoms with E-state index in [1.807, 2.05) is 20.9 Å². The van der Waals surface area contributed by atoms with Crippen LogP contribution in [0.2, 0.25) is 5.02 Å². The number of hydrogen-bond donors (Lipinski definition) is 1. The van der Waals surface area contributed by atoms with Crippen LogP contribution in [0, 0.1) is 12.7 Å². The largest absolute Gasteiger partial charge is 0.312 e.